The van der Waals surface area contributed by atoms with Crippen LogP contribution in [0.4, 0.5) is 19.3 Å². The van der Waals surface area contributed by atoms with E-state index in [1.807, 2.05) is 0 Å². The van der Waals surface area contributed by atoms with Gasteiger partial charge in [0.2, 0.25) is 0 Å². The molecule has 1 unspecified atom stereocenters. The molecule has 1 aromatic rings. The Balaban J connectivity index is 2.39. The molecule has 7 heteroatoms. The van der Waals surface area contributed by atoms with Crippen molar-refractivity contribution >= 4 is 17.7 Å². The summed E-state index contributed by atoms with van der Waals surface area (Å²) in [5.41, 5.74) is 0.114. The number of hydrogen-bond donors (Lipinski definition) is 3. The van der Waals surface area contributed by atoms with Gasteiger partial charge in [-0.25, -0.2) is 13.6 Å². The minimum atomic E-state index is -1.06. The van der Waals surface area contributed by atoms with Gasteiger partial charge in [-0.2, -0.15) is 0 Å². The van der Waals surface area contributed by atoms with Gasteiger partial charge in [-0.1, -0.05) is 6.92 Å². The fourth-order valence-corrected chi connectivity index (χ4v) is 1.27. The molecule has 0 fully saturated rings. The fourth-order valence-electron chi connectivity index (χ4n) is 1.27. The van der Waals surface area contributed by atoms with Gasteiger partial charge in [0.05, 0.1) is 5.92 Å². The minimum absolute atomic E-state index is 0.114. The Labute approximate surface area is 108 Å². The number of halogens is 2. The summed E-state index contributed by atoms with van der Waals surface area (Å²) in [6.45, 7) is 1.69. The molecule has 2 amide bonds. The number of aliphatic carboxylic acids is 1. The van der Waals surface area contributed by atoms with E-state index in [4.69, 9.17) is 5.11 Å². The van der Waals surface area contributed by atoms with Crippen LogP contribution in [-0.4, -0.2) is 23.7 Å². The van der Waals surface area contributed by atoms with Gasteiger partial charge in [0.1, 0.15) is 0 Å². The van der Waals surface area contributed by atoms with Crippen molar-refractivity contribution in [2.75, 3.05) is 11.9 Å². The van der Waals surface area contributed by atoms with Crippen molar-refractivity contribution in [3.8, 4) is 0 Å². The smallest absolute Gasteiger partial charge is 0.319 e. The molecule has 0 heterocycles. The first kappa shape index (κ1) is 14.9. The van der Waals surface area contributed by atoms with Gasteiger partial charge in [-0.3, -0.25) is 4.79 Å². The Morgan fingerprint density at radius 3 is 2.58 bits per heavy atom. The van der Waals surface area contributed by atoms with Crippen LogP contribution in [-0.2, 0) is 4.79 Å². The zero-order valence-corrected chi connectivity index (χ0v) is 10.2. The zero-order valence-electron chi connectivity index (χ0n) is 10.2. The van der Waals surface area contributed by atoms with Crippen molar-refractivity contribution in [3.63, 3.8) is 0 Å². The molecule has 0 saturated carbocycles. The Hall–Kier alpha value is -2.18. The second-order valence-corrected chi connectivity index (χ2v) is 4.04. The number of hydrogen-bond acceptors (Lipinski definition) is 2. The average Bonchev–Trinajstić information content (AvgIpc) is 2.33. The summed E-state index contributed by atoms with van der Waals surface area (Å²) in [7, 11) is 0. The predicted octanol–water partition coefficient (Wildman–Crippen LogP) is 2.20. The molecule has 5 nitrogen and oxygen atoms in total. The Morgan fingerprint density at radius 1 is 1.32 bits per heavy atom. The molecule has 1 aromatic carbocycles. The number of anilines is 1. The van der Waals surface area contributed by atoms with E-state index in [-0.39, 0.29) is 18.7 Å². The molecule has 0 aliphatic heterocycles. The highest BCUT2D eigenvalue weighted by Crippen LogP contribution is 2.12. The van der Waals surface area contributed by atoms with Crippen LogP contribution in [0.1, 0.15) is 13.3 Å². The fraction of sp³-hybridized carbons (Fsp3) is 0.333. The third-order valence-corrected chi connectivity index (χ3v) is 2.46. The van der Waals surface area contributed by atoms with Gasteiger partial charge < -0.3 is 15.7 Å². The monoisotopic (exact) mass is 272 g/mol. The molecular formula is C12H14F2N2O3. The van der Waals surface area contributed by atoms with Crippen LogP contribution in [0.2, 0.25) is 0 Å². The number of carbonyl (C=O) groups excluding carboxylic acids is 1. The highest BCUT2D eigenvalue weighted by atomic mass is 19.2. The number of nitrogens with one attached hydrogen (secondary N) is 2. The molecular weight excluding hydrogens is 258 g/mol. The van der Waals surface area contributed by atoms with Crippen molar-refractivity contribution in [3.05, 3.63) is 29.8 Å². The van der Waals surface area contributed by atoms with Crippen molar-refractivity contribution < 1.29 is 23.5 Å². The molecule has 0 saturated heterocycles. The van der Waals surface area contributed by atoms with E-state index in [1.165, 1.54) is 13.0 Å². The molecule has 3 N–H and O–H groups in total. The number of urea groups is 1. The molecule has 1 rings (SSSR count). The largest absolute Gasteiger partial charge is 0.481 e. The van der Waals surface area contributed by atoms with Gasteiger partial charge in [-0.15, -0.1) is 0 Å². The van der Waals surface area contributed by atoms with Gasteiger partial charge in [-0.05, 0) is 18.6 Å². The third kappa shape index (κ3) is 4.90. The Kier molecular flexibility index (Phi) is 5.23. The number of carboxylic acids is 1. The zero-order chi connectivity index (χ0) is 14.4. The van der Waals surface area contributed by atoms with Crippen LogP contribution in [0.5, 0.6) is 0 Å². The summed E-state index contributed by atoms with van der Waals surface area (Å²) < 4.78 is 25.5. The van der Waals surface area contributed by atoms with E-state index in [0.717, 1.165) is 12.1 Å². The molecule has 19 heavy (non-hydrogen) atoms. The number of carbonyl (C=O) groups is 2. The summed E-state index contributed by atoms with van der Waals surface area (Å²) in [5, 5.41) is 13.4. The van der Waals surface area contributed by atoms with Crippen molar-refractivity contribution in [1.29, 1.82) is 0 Å². The lowest BCUT2D eigenvalue weighted by molar-refractivity contribution is -0.141. The van der Waals surface area contributed by atoms with Gasteiger partial charge >= 0.3 is 12.0 Å². The minimum Gasteiger partial charge on any atom is -0.481 e. The van der Waals surface area contributed by atoms with E-state index in [9.17, 15) is 18.4 Å². The molecule has 0 aliphatic carbocycles. The quantitative estimate of drug-likeness (QED) is 0.768. The first-order chi connectivity index (χ1) is 8.90. The summed E-state index contributed by atoms with van der Waals surface area (Å²) in [6, 6.07) is 2.37. The van der Waals surface area contributed by atoms with E-state index in [1.54, 1.807) is 0 Å². The molecule has 0 spiro atoms. The predicted molar refractivity (Wildman–Crippen MR) is 64.8 cm³/mol. The van der Waals surface area contributed by atoms with Gasteiger partial charge in [0, 0.05) is 18.3 Å². The highest BCUT2D eigenvalue weighted by molar-refractivity contribution is 5.89. The summed E-state index contributed by atoms with van der Waals surface area (Å²) in [4.78, 5) is 21.9. The van der Waals surface area contributed by atoms with E-state index < -0.39 is 29.6 Å². The highest BCUT2D eigenvalue weighted by Gasteiger charge is 2.11. The van der Waals surface area contributed by atoms with Crippen LogP contribution >= 0.6 is 0 Å². The Bertz CT molecular complexity index is 480. The number of benzene rings is 1. The summed E-state index contributed by atoms with van der Waals surface area (Å²) >= 11 is 0. The van der Waals surface area contributed by atoms with Crippen molar-refractivity contribution in [2.24, 2.45) is 5.92 Å². The molecule has 104 valence electrons. The number of rotatable bonds is 5. The van der Waals surface area contributed by atoms with Gasteiger partial charge in [0.15, 0.2) is 11.6 Å². The number of carboxylic acid groups (broad SMARTS) is 1. The second-order valence-electron chi connectivity index (χ2n) is 4.04. The van der Waals surface area contributed by atoms with Crippen LogP contribution in [0, 0.1) is 17.6 Å². The van der Waals surface area contributed by atoms with Crippen LogP contribution < -0.4 is 10.6 Å². The molecule has 0 radical (unpaired) electrons. The average molecular weight is 272 g/mol. The lowest BCUT2D eigenvalue weighted by Crippen LogP contribution is -2.31. The first-order valence-corrected chi connectivity index (χ1v) is 5.63. The maximum Gasteiger partial charge on any atom is 0.319 e. The summed E-state index contributed by atoms with van der Waals surface area (Å²) in [6.07, 6.45) is 0.278. The van der Waals surface area contributed by atoms with E-state index in [0.29, 0.717) is 0 Å². The maximum absolute atomic E-state index is 12.9. The van der Waals surface area contributed by atoms with Crippen LogP contribution in [0.15, 0.2) is 18.2 Å². The molecule has 1 atom stereocenters. The van der Waals surface area contributed by atoms with Crippen LogP contribution in [0.3, 0.4) is 0 Å². The summed E-state index contributed by atoms with van der Waals surface area (Å²) in [5.74, 6) is -3.56. The van der Waals surface area contributed by atoms with Crippen molar-refractivity contribution in [2.45, 2.75) is 13.3 Å². The topological polar surface area (TPSA) is 78.4 Å². The molecule has 0 bridgehead atoms. The SMILES string of the molecule is CC(CCNC(=O)Nc1ccc(F)c(F)c1)C(=O)O. The van der Waals surface area contributed by atoms with Crippen LogP contribution in [0.25, 0.3) is 0 Å². The first-order valence-electron chi connectivity index (χ1n) is 5.63. The third-order valence-electron chi connectivity index (χ3n) is 2.46. The standard InChI is InChI=1S/C12H14F2N2O3/c1-7(11(17)18)4-5-15-12(19)16-8-2-3-9(13)10(14)6-8/h2-3,6-7H,4-5H2,1H3,(H,17,18)(H2,15,16,19). The lowest BCUT2D eigenvalue weighted by atomic mass is 10.1. The maximum atomic E-state index is 12.9. The van der Waals surface area contributed by atoms with Crippen molar-refractivity contribution in [1.82, 2.24) is 5.32 Å². The lowest BCUT2D eigenvalue weighted by Gasteiger charge is -2.09. The number of amides is 2. The normalized spacial score (nSPS) is 11.7. The van der Waals surface area contributed by atoms with Gasteiger partial charge in [0.25, 0.3) is 0 Å². The molecule has 0 aromatic heterocycles. The van der Waals surface area contributed by atoms with E-state index >= 15 is 0 Å². The molecule has 0 aliphatic rings. The van der Waals surface area contributed by atoms with E-state index in [2.05, 4.69) is 10.6 Å². The second kappa shape index (κ2) is 6.67. The Morgan fingerprint density at radius 2 is 2.00 bits per heavy atom.